The minimum absolute atomic E-state index is 0.308. The normalized spacial score (nSPS) is 16.5. The molecular formula is C24H29ClO4. The summed E-state index contributed by atoms with van der Waals surface area (Å²) < 4.78 is 11.8. The summed E-state index contributed by atoms with van der Waals surface area (Å²) in [4.78, 5) is 10.7. The number of benzene rings is 1. The number of carboxylic acids is 1. The van der Waals surface area contributed by atoms with Crippen LogP contribution in [0.5, 0.6) is 11.5 Å². The van der Waals surface area contributed by atoms with E-state index in [1.807, 2.05) is 32.9 Å². The highest BCUT2D eigenvalue weighted by molar-refractivity contribution is 6.34. The van der Waals surface area contributed by atoms with E-state index in [4.69, 9.17) is 26.2 Å². The lowest BCUT2D eigenvalue weighted by atomic mass is 9.86. The van der Waals surface area contributed by atoms with Crippen molar-refractivity contribution < 1.29 is 19.4 Å². The number of aliphatic carboxylic acids is 1. The van der Waals surface area contributed by atoms with Crippen molar-refractivity contribution in [1.29, 1.82) is 0 Å². The van der Waals surface area contributed by atoms with Crippen molar-refractivity contribution in [3.05, 3.63) is 58.2 Å². The highest BCUT2D eigenvalue weighted by Crippen LogP contribution is 2.49. The van der Waals surface area contributed by atoms with Gasteiger partial charge in [-0.05, 0) is 62.5 Å². The highest BCUT2D eigenvalue weighted by Gasteiger charge is 2.32. The quantitative estimate of drug-likeness (QED) is 0.422. The van der Waals surface area contributed by atoms with Crippen LogP contribution in [0.25, 0.3) is 11.1 Å². The zero-order valence-corrected chi connectivity index (χ0v) is 18.8. The zero-order valence-electron chi connectivity index (χ0n) is 18.1. The number of hydrogen-bond donors (Lipinski definition) is 1. The third kappa shape index (κ3) is 5.33. The Hall–Kier alpha value is -2.46. The average Bonchev–Trinajstić information content (AvgIpc) is 2.60. The molecule has 1 aliphatic rings. The summed E-state index contributed by atoms with van der Waals surface area (Å²) in [6.07, 6.45) is 8.78. The second-order valence-corrected chi connectivity index (χ2v) is 8.42. The summed E-state index contributed by atoms with van der Waals surface area (Å²) in [6.45, 7) is 12.0. The van der Waals surface area contributed by atoms with E-state index in [1.165, 1.54) is 5.57 Å². The Morgan fingerprint density at radius 2 is 1.97 bits per heavy atom. The molecule has 5 heteroatoms. The molecule has 2 rings (SSSR count). The Morgan fingerprint density at radius 1 is 1.31 bits per heavy atom. The van der Waals surface area contributed by atoms with E-state index in [2.05, 4.69) is 26.0 Å². The number of fused-ring (bicyclic) bond motifs is 1. The van der Waals surface area contributed by atoms with Crippen LogP contribution in [0.4, 0.5) is 0 Å². The molecule has 1 aliphatic heterocycles. The first kappa shape index (κ1) is 22.8. The molecule has 1 aromatic rings. The number of methoxy groups -OCH3 is 1. The lowest BCUT2D eigenvalue weighted by Gasteiger charge is -2.34. The van der Waals surface area contributed by atoms with Gasteiger partial charge in [0.25, 0.3) is 0 Å². The van der Waals surface area contributed by atoms with E-state index in [1.54, 1.807) is 20.1 Å². The number of halogens is 1. The predicted molar refractivity (Wildman–Crippen MR) is 120 cm³/mol. The van der Waals surface area contributed by atoms with Gasteiger partial charge in [0.05, 0.1) is 7.11 Å². The minimum Gasteiger partial charge on any atom is -0.494 e. The Morgan fingerprint density at radius 3 is 2.52 bits per heavy atom. The third-order valence-electron chi connectivity index (χ3n) is 4.66. The molecule has 0 radical (unpaired) electrons. The minimum atomic E-state index is -0.966. The van der Waals surface area contributed by atoms with Crippen LogP contribution in [0.2, 0.25) is 5.02 Å². The fourth-order valence-electron chi connectivity index (χ4n) is 3.32. The van der Waals surface area contributed by atoms with Crippen LogP contribution in [0, 0.1) is 5.92 Å². The van der Waals surface area contributed by atoms with Crippen LogP contribution >= 0.6 is 11.6 Å². The molecular weight excluding hydrogens is 388 g/mol. The predicted octanol–water partition coefficient (Wildman–Crippen LogP) is 6.55. The second kappa shape index (κ2) is 8.91. The molecule has 0 bridgehead atoms. The topological polar surface area (TPSA) is 55.8 Å². The number of ether oxygens (including phenoxy) is 2. The van der Waals surface area contributed by atoms with Crippen molar-refractivity contribution in [2.45, 2.75) is 47.1 Å². The molecule has 0 unspecified atom stereocenters. The summed E-state index contributed by atoms with van der Waals surface area (Å²) in [6, 6.07) is 2.06. The Labute approximate surface area is 178 Å². The van der Waals surface area contributed by atoms with Crippen molar-refractivity contribution >= 4 is 28.7 Å². The first-order valence-electron chi connectivity index (χ1n) is 9.56. The third-order valence-corrected chi connectivity index (χ3v) is 5.01. The van der Waals surface area contributed by atoms with Crippen LogP contribution in [0.15, 0.2) is 42.0 Å². The van der Waals surface area contributed by atoms with Gasteiger partial charge >= 0.3 is 5.97 Å². The van der Waals surface area contributed by atoms with Gasteiger partial charge in [-0.3, -0.25) is 0 Å². The number of carboxylic acid groups (broad SMARTS) is 1. The number of hydrogen-bond acceptors (Lipinski definition) is 3. The van der Waals surface area contributed by atoms with Crippen molar-refractivity contribution in [3.8, 4) is 11.5 Å². The van der Waals surface area contributed by atoms with Gasteiger partial charge in [-0.25, -0.2) is 4.79 Å². The number of rotatable bonds is 6. The molecule has 156 valence electrons. The second-order valence-electron chi connectivity index (χ2n) is 8.04. The lowest BCUT2D eigenvalue weighted by molar-refractivity contribution is -0.131. The summed E-state index contributed by atoms with van der Waals surface area (Å²) >= 11 is 6.72. The van der Waals surface area contributed by atoms with Crippen LogP contribution < -0.4 is 9.47 Å². The number of allylic oxidation sites excluding steroid dienone is 6. The maximum Gasteiger partial charge on any atom is 0.328 e. The smallest absolute Gasteiger partial charge is 0.328 e. The Bertz CT molecular complexity index is 931. The SMILES string of the molecule is COc1c(\C(C)=C/C=C/C(C)=C/C(=O)O)cc2c(c1Cl)OC(C)(C)C=C2C(C)C. The molecule has 0 atom stereocenters. The van der Waals surface area contributed by atoms with Crippen molar-refractivity contribution in [3.63, 3.8) is 0 Å². The van der Waals surface area contributed by atoms with Crippen molar-refractivity contribution in [2.75, 3.05) is 7.11 Å². The first-order chi connectivity index (χ1) is 13.5. The summed E-state index contributed by atoms with van der Waals surface area (Å²) in [5.74, 6) is 0.548. The average molecular weight is 417 g/mol. The monoisotopic (exact) mass is 416 g/mol. The van der Waals surface area contributed by atoms with Crippen LogP contribution in [0.1, 0.15) is 52.7 Å². The summed E-state index contributed by atoms with van der Waals surface area (Å²) in [5.41, 5.74) is 4.17. The van der Waals surface area contributed by atoms with Crippen LogP contribution in [0.3, 0.4) is 0 Å². The summed E-state index contributed by atoms with van der Waals surface area (Å²) in [5, 5.41) is 9.27. The fraction of sp³-hybridized carbons (Fsp3) is 0.375. The molecule has 0 spiro atoms. The molecule has 0 amide bonds. The van der Waals surface area contributed by atoms with Gasteiger partial charge in [0.1, 0.15) is 16.4 Å². The van der Waals surface area contributed by atoms with Gasteiger partial charge < -0.3 is 14.6 Å². The Balaban J connectivity index is 2.59. The molecule has 0 saturated heterocycles. The molecule has 0 aromatic heterocycles. The van der Waals surface area contributed by atoms with Crippen molar-refractivity contribution in [1.82, 2.24) is 0 Å². The van der Waals surface area contributed by atoms with E-state index < -0.39 is 11.6 Å². The van der Waals surface area contributed by atoms with E-state index in [9.17, 15) is 4.79 Å². The molecule has 1 aromatic carbocycles. The zero-order chi connectivity index (χ0) is 21.9. The lowest BCUT2D eigenvalue weighted by Crippen LogP contribution is -2.30. The fourth-order valence-corrected chi connectivity index (χ4v) is 3.64. The highest BCUT2D eigenvalue weighted by atomic mass is 35.5. The van der Waals surface area contributed by atoms with E-state index in [0.29, 0.717) is 28.0 Å². The van der Waals surface area contributed by atoms with Crippen molar-refractivity contribution in [2.24, 2.45) is 5.92 Å². The maximum absolute atomic E-state index is 10.7. The molecule has 1 N–H and O–H groups in total. The number of carbonyl (C=O) groups is 1. The molecule has 29 heavy (non-hydrogen) atoms. The molecule has 4 nitrogen and oxygen atoms in total. The Kier molecular flexibility index (Phi) is 7.02. The van der Waals surface area contributed by atoms with Gasteiger partial charge in [-0.2, -0.15) is 0 Å². The van der Waals surface area contributed by atoms with E-state index >= 15 is 0 Å². The van der Waals surface area contributed by atoms with Gasteiger partial charge in [0, 0.05) is 17.2 Å². The summed E-state index contributed by atoms with van der Waals surface area (Å²) in [7, 11) is 1.59. The van der Waals surface area contributed by atoms with Gasteiger partial charge in [-0.1, -0.05) is 43.7 Å². The molecule has 0 fully saturated rings. The maximum atomic E-state index is 10.7. The van der Waals surface area contributed by atoms with Crippen LogP contribution in [-0.4, -0.2) is 23.8 Å². The van der Waals surface area contributed by atoms with Gasteiger partial charge in [0.2, 0.25) is 0 Å². The largest absolute Gasteiger partial charge is 0.494 e. The van der Waals surface area contributed by atoms with E-state index in [-0.39, 0.29) is 0 Å². The van der Waals surface area contributed by atoms with E-state index in [0.717, 1.165) is 22.8 Å². The standard InChI is InChI=1S/C24H29ClO4/c1-14(2)19-13-24(5,6)29-23-18(19)12-17(22(28-7)21(23)25)16(4)10-8-9-15(3)11-20(26)27/h8-14H,1-7H3,(H,26,27)/b9-8+,15-11+,16-10-. The molecule has 0 saturated carbocycles. The van der Waals surface area contributed by atoms with Crippen LogP contribution in [-0.2, 0) is 4.79 Å². The molecule has 0 aliphatic carbocycles. The molecule has 1 heterocycles. The first-order valence-corrected chi connectivity index (χ1v) is 9.93. The van der Waals surface area contributed by atoms with Gasteiger partial charge in [-0.15, -0.1) is 0 Å². The van der Waals surface area contributed by atoms with Gasteiger partial charge in [0.15, 0.2) is 5.75 Å².